The fourth-order valence-corrected chi connectivity index (χ4v) is 3.44. The zero-order chi connectivity index (χ0) is 17.5. The maximum atomic E-state index is 12.4. The van der Waals surface area contributed by atoms with Gasteiger partial charge in [-0.05, 0) is 36.4 Å². The first-order valence-electron chi connectivity index (χ1n) is 8.16. The number of anilines is 1. The first kappa shape index (κ1) is 17.3. The summed E-state index contributed by atoms with van der Waals surface area (Å²) in [5.74, 6) is 0.871. The lowest BCUT2D eigenvalue weighted by Crippen LogP contribution is -3.08. The summed E-state index contributed by atoms with van der Waals surface area (Å²) in [7, 11) is 1.98. The van der Waals surface area contributed by atoms with Crippen molar-refractivity contribution in [1.82, 2.24) is 0 Å². The van der Waals surface area contributed by atoms with Crippen LogP contribution in [0.2, 0.25) is 0 Å². The molecule has 0 aliphatic rings. The molecule has 0 saturated heterocycles. The molecule has 1 amide bonds. The van der Waals surface area contributed by atoms with Crippen molar-refractivity contribution in [3.05, 3.63) is 78.8 Å². The summed E-state index contributed by atoms with van der Waals surface area (Å²) in [5, 5.41) is 3.03. The molecule has 1 aromatic heterocycles. The van der Waals surface area contributed by atoms with Gasteiger partial charge in [0.05, 0.1) is 19.0 Å². The van der Waals surface area contributed by atoms with E-state index in [0.717, 1.165) is 26.1 Å². The van der Waals surface area contributed by atoms with Crippen LogP contribution in [-0.4, -0.2) is 19.5 Å². The molecule has 1 heterocycles. The number of hydrogen-bond donors (Lipinski definition) is 2. The minimum Gasteiger partial charge on any atom is -0.463 e. The van der Waals surface area contributed by atoms with Crippen LogP contribution in [0.4, 0.5) is 5.69 Å². The molecule has 3 aromatic rings. The van der Waals surface area contributed by atoms with Crippen LogP contribution in [0.25, 0.3) is 0 Å². The van der Waals surface area contributed by atoms with E-state index in [-0.39, 0.29) is 5.91 Å². The second-order valence-electron chi connectivity index (χ2n) is 5.85. The van der Waals surface area contributed by atoms with E-state index in [4.69, 9.17) is 4.42 Å². The monoisotopic (exact) mass is 353 g/mol. The van der Waals surface area contributed by atoms with E-state index in [9.17, 15) is 4.79 Å². The molecular weight excluding hydrogens is 332 g/mol. The molecule has 1 atom stereocenters. The molecule has 25 heavy (non-hydrogen) atoms. The van der Waals surface area contributed by atoms with Gasteiger partial charge in [-0.1, -0.05) is 42.1 Å². The average Bonchev–Trinajstić information content (AvgIpc) is 3.10. The largest absolute Gasteiger partial charge is 0.463 e. The molecule has 2 aromatic carbocycles. The first-order chi connectivity index (χ1) is 12.2. The lowest BCUT2D eigenvalue weighted by atomic mass is 10.3. The van der Waals surface area contributed by atoms with E-state index in [1.54, 1.807) is 18.0 Å². The van der Waals surface area contributed by atoms with Crippen LogP contribution in [0.15, 0.2) is 87.2 Å². The number of carbonyl (C=O) groups is 1. The van der Waals surface area contributed by atoms with Crippen LogP contribution in [-0.2, 0) is 11.3 Å². The SMILES string of the molecule is C[NH+](CC(=O)Nc1ccccc1Sc1ccccc1)Cc1ccco1. The normalized spacial score (nSPS) is 11.9. The molecule has 0 aliphatic carbocycles. The Morgan fingerprint density at radius 2 is 1.80 bits per heavy atom. The molecule has 0 fully saturated rings. The third kappa shape index (κ3) is 5.24. The third-order valence-corrected chi connectivity index (χ3v) is 4.73. The second-order valence-corrected chi connectivity index (χ2v) is 6.96. The molecule has 0 radical (unpaired) electrons. The number of para-hydroxylation sites is 1. The molecule has 4 nitrogen and oxygen atoms in total. The highest BCUT2D eigenvalue weighted by atomic mass is 32.2. The predicted molar refractivity (Wildman–Crippen MR) is 99.8 cm³/mol. The fourth-order valence-electron chi connectivity index (χ4n) is 2.52. The van der Waals surface area contributed by atoms with Crippen molar-refractivity contribution in [3.63, 3.8) is 0 Å². The summed E-state index contributed by atoms with van der Waals surface area (Å²) in [6, 6.07) is 21.8. The highest BCUT2D eigenvalue weighted by Gasteiger charge is 2.14. The smallest absolute Gasteiger partial charge is 0.279 e. The van der Waals surface area contributed by atoms with Crippen molar-refractivity contribution < 1.29 is 14.1 Å². The summed E-state index contributed by atoms with van der Waals surface area (Å²) in [5.41, 5.74) is 0.840. The molecule has 0 bridgehead atoms. The van der Waals surface area contributed by atoms with Gasteiger partial charge in [0.25, 0.3) is 5.91 Å². The number of hydrogen-bond acceptors (Lipinski definition) is 3. The Kier molecular flexibility index (Phi) is 5.93. The Labute approximate surface area is 151 Å². The Balaban J connectivity index is 1.61. The van der Waals surface area contributed by atoms with Gasteiger partial charge >= 0.3 is 0 Å². The van der Waals surface area contributed by atoms with Crippen molar-refractivity contribution in [3.8, 4) is 0 Å². The van der Waals surface area contributed by atoms with Gasteiger partial charge in [0.15, 0.2) is 12.3 Å². The summed E-state index contributed by atoms with van der Waals surface area (Å²) in [4.78, 5) is 15.6. The number of carbonyl (C=O) groups excluding carboxylic acids is 1. The lowest BCUT2D eigenvalue weighted by Gasteiger charge is -2.14. The van der Waals surface area contributed by atoms with E-state index in [1.165, 1.54) is 0 Å². The molecule has 5 heteroatoms. The minimum atomic E-state index is -0.00910. The number of nitrogens with one attached hydrogen (secondary N) is 2. The Hall–Kier alpha value is -2.50. The molecule has 128 valence electrons. The number of furan rings is 1. The van der Waals surface area contributed by atoms with Crippen molar-refractivity contribution in [2.75, 3.05) is 18.9 Å². The van der Waals surface area contributed by atoms with Crippen LogP contribution < -0.4 is 10.2 Å². The van der Waals surface area contributed by atoms with Gasteiger partial charge in [-0.25, -0.2) is 0 Å². The topological polar surface area (TPSA) is 46.7 Å². The van der Waals surface area contributed by atoms with Gasteiger partial charge < -0.3 is 14.6 Å². The Morgan fingerprint density at radius 3 is 2.56 bits per heavy atom. The molecule has 2 N–H and O–H groups in total. The summed E-state index contributed by atoms with van der Waals surface area (Å²) in [6.07, 6.45) is 1.65. The van der Waals surface area contributed by atoms with E-state index >= 15 is 0 Å². The summed E-state index contributed by atoms with van der Waals surface area (Å²) in [6.45, 7) is 1.06. The van der Waals surface area contributed by atoms with E-state index in [1.807, 2.05) is 61.6 Å². The van der Waals surface area contributed by atoms with E-state index in [2.05, 4.69) is 17.4 Å². The molecule has 3 rings (SSSR count). The van der Waals surface area contributed by atoms with Gasteiger partial charge in [0.1, 0.15) is 6.54 Å². The third-order valence-electron chi connectivity index (χ3n) is 3.65. The first-order valence-corrected chi connectivity index (χ1v) is 8.98. The van der Waals surface area contributed by atoms with Crippen molar-refractivity contribution >= 4 is 23.4 Å². The fraction of sp³-hybridized carbons (Fsp3) is 0.150. The van der Waals surface area contributed by atoms with Crippen molar-refractivity contribution in [2.24, 2.45) is 0 Å². The number of rotatable bonds is 7. The minimum absolute atomic E-state index is 0.00910. The van der Waals surface area contributed by atoms with E-state index < -0.39 is 0 Å². The molecule has 0 aliphatic heterocycles. The average molecular weight is 353 g/mol. The van der Waals surface area contributed by atoms with Gasteiger partial charge in [0, 0.05) is 9.79 Å². The van der Waals surface area contributed by atoms with Crippen LogP contribution in [0.5, 0.6) is 0 Å². The van der Waals surface area contributed by atoms with Crippen LogP contribution in [0, 0.1) is 0 Å². The number of benzene rings is 2. The van der Waals surface area contributed by atoms with Gasteiger partial charge in [-0.15, -0.1) is 0 Å². The van der Waals surface area contributed by atoms with Gasteiger partial charge in [0.2, 0.25) is 0 Å². The van der Waals surface area contributed by atoms with Crippen LogP contribution >= 0.6 is 11.8 Å². The highest BCUT2D eigenvalue weighted by molar-refractivity contribution is 7.99. The van der Waals surface area contributed by atoms with Gasteiger partial charge in [-0.3, -0.25) is 4.79 Å². The Morgan fingerprint density at radius 1 is 1.04 bits per heavy atom. The second kappa shape index (κ2) is 8.55. The number of quaternary nitrogens is 1. The lowest BCUT2D eigenvalue weighted by molar-refractivity contribution is -0.886. The van der Waals surface area contributed by atoms with Gasteiger partial charge in [-0.2, -0.15) is 0 Å². The summed E-state index contributed by atoms with van der Waals surface area (Å²) >= 11 is 1.64. The predicted octanol–water partition coefficient (Wildman–Crippen LogP) is 3.08. The summed E-state index contributed by atoms with van der Waals surface area (Å²) < 4.78 is 5.33. The number of amides is 1. The molecule has 1 unspecified atom stereocenters. The quantitative estimate of drug-likeness (QED) is 0.686. The van der Waals surface area contributed by atoms with Crippen molar-refractivity contribution in [1.29, 1.82) is 0 Å². The standard InChI is InChI=1S/C20H20N2O2S/c1-22(14-16-8-7-13-24-16)15-20(23)21-18-11-5-6-12-19(18)25-17-9-3-2-4-10-17/h2-13H,14-15H2,1H3,(H,21,23)/p+1. The maximum absolute atomic E-state index is 12.4. The van der Waals surface area contributed by atoms with E-state index in [0.29, 0.717) is 13.1 Å². The zero-order valence-electron chi connectivity index (χ0n) is 14.1. The molecule has 0 saturated carbocycles. The highest BCUT2D eigenvalue weighted by Crippen LogP contribution is 2.32. The van der Waals surface area contributed by atoms with Crippen LogP contribution in [0.1, 0.15) is 5.76 Å². The molecule has 0 spiro atoms. The zero-order valence-corrected chi connectivity index (χ0v) is 14.9. The molecular formula is C20H21N2O2S+. The maximum Gasteiger partial charge on any atom is 0.279 e. The number of likely N-dealkylation sites (N-methyl/N-ethyl adjacent to an activating group) is 1. The van der Waals surface area contributed by atoms with Crippen LogP contribution in [0.3, 0.4) is 0 Å². The van der Waals surface area contributed by atoms with Crippen molar-refractivity contribution in [2.45, 2.75) is 16.3 Å². The Bertz CT molecular complexity index is 804.